The molecule has 0 bridgehead atoms. The molecule has 0 radical (unpaired) electrons. The lowest BCUT2D eigenvalue weighted by atomic mass is 10.0. The summed E-state index contributed by atoms with van der Waals surface area (Å²) < 4.78 is 77.4. The first-order valence-electron chi connectivity index (χ1n) is 8.68. The number of oxazole rings is 1. The van der Waals surface area contributed by atoms with E-state index in [4.69, 9.17) is 4.42 Å². The summed E-state index contributed by atoms with van der Waals surface area (Å²) in [5.41, 5.74) is -0.913. The molecule has 2 aromatic carbocycles. The van der Waals surface area contributed by atoms with Crippen LogP contribution in [0.3, 0.4) is 0 Å². The summed E-state index contributed by atoms with van der Waals surface area (Å²) in [6.07, 6.45) is -3.42. The minimum Gasteiger partial charge on any atom is -0.408 e. The van der Waals surface area contributed by atoms with Crippen LogP contribution in [0, 0.1) is 0 Å². The molecule has 4 rings (SSSR count). The van der Waals surface area contributed by atoms with Gasteiger partial charge in [0, 0.05) is 17.6 Å². The highest BCUT2D eigenvalue weighted by Gasteiger charge is 2.35. The van der Waals surface area contributed by atoms with Gasteiger partial charge < -0.3 is 4.42 Å². The average Bonchev–Trinajstić information content (AvgIpc) is 3.32. The van der Waals surface area contributed by atoms with Crippen molar-refractivity contribution >= 4 is 37.8 Å². The Kier molecular flexibility index (Phi) is 5.09. The van der Waals surface area contributed by atoms with Gasteiger partial charge in [-0.2, -0.15) is 17.5 Å². The van der Waals surface area contributed by atoms with Crippen molar-refractivity contribution < 1.29 is 26.0 Å². The van der Waals surface area contributed by atoms with E-state index in [2.05, 4.69) is 14.1 Å². The number of fused-ring (bicyclic) bond motifs is 1. The molecule has 0 aliphatic heterocycles. The Morgan fingerprint density at radius 3 is 2.61 bits per heavy atom. The first kappa shape index (κ1) is 21.1. The van der Waals surface area contributed by atoms with Crippen molar-refractivity contribution in [2.45, 2.75) is 24.0 Å². The van der Waals surface area contributed by atoms with Gasteiger partial charge in [-0.25, -0.2) is 18.2 Å². The fraction of sp³-hybridized carbons (Fsp3) is 0.167. The molecule has 0 spiro atoms. The fourth-order valence-electron chi connectivity index (χ4n) is 3.20. The Balaban J connectivity index is 1.78. The van der Waals surface area contributed by atoms with Gasteiger partial charge in [0.2, 0.25) is 5.13 Å². The maximum absolute atomic E-state index is 13.4. The molecule has 0 saturated carbocycles. The normalized spacial score (nSPS) is 13.4. The van der Waals surface area contributed by atoms with Crippen molar-refractivity contribution in [2.75, 3.05) is 4.72 Å². The predicted molar refractivity (Wildman–Crippen MR) is 106 cm³/mol. The molecule has 31 heavy (non-hydrogen) atoms. The van der Waals surface area contributed by atoms with Crippen LogP contribution in [0.4, 0.5) is 18.3 Å². The van der Waals surface area contributed by atoms with Gasteiger partial charge >= 0.3 is 11.9 Å². The molecule has 0 fully saturated rings. The second-order valence-electron chi connectivity index (χ2n) is 6.48. The van der Waals surface area contributed by atoms with Crippen LogP contribution in [0.2, 0.25) is 0 Å². The summed E-state index contributed by atoms with van der Waals surface area (Å²) in [5, 5.41) is 0.0523. The van der Waals surface area contributed by atoms with Crippen molar-refractivity contribution in [1.82, 2.24) is 13.9 Å². The van der Waals surface area contributed by atoms with Gasteiger partial charge in [0.25, 0.3) is 10.0 Å². The van der Waals surface area contributed by atoms with E-state index < -0.39 is 33.6 Å². The number of anilines is 1. The smallest absolute Gasteiger partial charge is 0.408 e. The highest BCUT2D eigenvalue weighted by Crippen LogP contribution is 2.36. The molecule has 0 aliphatic carbocycles. The fourth-order valence-corrected chi connectivity index (χ4v) is 4.88. The summed E-state index contributed by atoms with van der Waals surface area (Å²) in [5.74, 6) is -0.911. The number of aromatic nitrogens is 3. The molecule has 1 N–H and O–H groups in total. The lowest BCUT2D eigenvalue weighted by Crippen LogP contribution is -2.22. The molecular weight excluding hydrogens is 457 g/mol. The number of benzene rings is 2. The first-order valence-corrected chi connectivity index (χ1v) is 10.9. The molecule has 13 heteroatoms. The van der Waals surface area contributed by atoms with E-state index in [0.29, 0.717) is 0 Å². The molecule has 8 nitrogen and oxygen atoms in total. The first-order chi connectivity index (χ1) is 14.6. The molecule has 0 saturated heterocycles. The Bertz CT molecular complexity index is 1410. The number of nitrogens with zero attached hydrogens (tertiary/aromatic N) is 3. The van der Waals surface area contributed by atoms with Gasteiger partial charge in [-0.1, -0.05) is 18.2 Å². The molecule has 1 unspecified atom stereocenters. The predicted octanol–water partition coefficient (Wildman–Crippen LogP) is 3.87. The topological polar surface area (TPSA) is 107 Å². The van der Waals surface area contributed by atoms with Crippen molar-refractivity contribution in [3.8, 4) is 0 Å². The molecule has 0 aliphatic rings. The van der Waals surface area contributed by atoms with Crippen molar-refractivity contribution in [3.05, 3.63) is 70.5 Å². The molecule has 4 aromatic rings. The van der Waals surface area contributed by atoms with Crippen LogP contribution >= 0.6 is 11.5 Å². The zero-order valence-electron chi connectivity index (χ0n) is 15.6. The number of halogens is 3. The Morgan fingerprint density at radius 1 is 1.19 bits per heavy atom. The van der Waals surface area contributed by atoms with Crippen LogP contribution < -0.4 is 10.5 Å². The number of nitrogens with one attached hydrogen (secondary N) is 1. The van der Waals surface area contributed by atoms with Crippen molar-refractivity contribution in [2.24, 2.45) is 0 Å². The maximum Gasteiger partial charge on any atom is 0.420 e. The third-order valence-electron chi connectivity index (χ3n) is 4.58. The quantitative estimate of drug-likeness (QED) is 0.475. The Morgan fingerprint density at radius 2 is 1.94 bits per heavy atom. The maximum atomic E-state index is 13.4. The van der Waals surface area contributed by atoms with Crippen LogP contribution in [-0.4, -0.2) is 22.3 Å². The van der Waals surface area contributed by atoms with Gasteiger partial charge in [-0.05, 0) is 30.7 Å². The zero-order valence-corrected chi connectivity index (χ0v) is 17.3. The average molecular weight is 470 g/mol. The van der Waals surface area contributed by atoms with E-state index in [1.165, 1.54) is 43.6 Å². The van der Waals surface area contributed by atoms with Crippen LogP contribution in [-0.2, 0) is 16.2 Å². The molecule has 2 heterocycles. The highest BCUT2D eigenvalue weighted by molar-refractivity contribution is 7.93. The second-order valence-corrected chi connectivity index (χ2v) is 8.94. The van der Waals surface area contributed by atoms with E-state index in [1.807, 2.05) is 0 Å². The Labute approximate surface area is 177 Å². The number of rotatable bonds is 5. The number of alkyl halides is 3. The highest BCUT2D eigenvalue weighted by atomic mass is 32.2. The minimum atomic E-state index is -4.61. The van der Waals surface area contributed by atoms with Gasteiger partial charge in [0.1, 0.15) is 6.33 Å². The number of sulfonamides is 1. The monoisotopic (exact) mass is 470 g/mol. The molecule has 0 amide bonds. The van der Waals surface area contributed by atoms with E-state index in [-0.39, 0.29) is 26.7 Å². The van der Waals surface area contributed by atoms with Crippen LogP contribution in [0.5, 0.6) is 0 Å². The van der Waals surface area contributed by atoms with E-state index >= 15 is 0 Å². The molecule has 1 atom stereocenters. The van der Waals surface area contributed by atoms with Crippen molar-refractivity contribution in [3.63, 3.8) is 0 Å². The van der Waals surface area contributed by atoms with Gasteiger partial charge in [-0.3, -0.25) is 9.29 Å². The third kappa shape index (κ3) is 3.93. The molecule has 162 valence electrons. The third-order valence-corrected chi connectivity index (χ3v) is 6.63. The SMILES string of the molecule is CC(c1ccccc1C(F)(F)F)n1c(=O)oc2cc(S(=O)(=O)Nc3ncns3)ccc21. The Hall–Kier alpha value is -3.19. The number of hydrogen-bond donors (Lipinski definition) is 1. The van der Waals surface area contributed by atoms with E-state index in [0.717, 1.165) is 28.2 Å². The van der Waals surface area contributed by atoms with E-state index in [1.54, 1.807) is 0 Å². The van der Waals surface area contributed by atoms with Crippen LogP contribution in [0.15, 0.2) is 62.9 Å². The zero-order chi connectivity index (χ0) is 22.4. The largest absolute Gasteiger partial charge is 0.420 e. The molecular formula is C18H13F3N4O4S2. The lowest BCUT2D eigenvalue weighted by molar-refractivity contribution is -0.138. The van der Waals surface area contributed by atoms with Crippen LogP contribution in [0.1, 0.15) is 24.1 Å². The summed E-state index contributed by atoms with van der Waals surface area (Å²) in [7, 11) is -4.04. The number of hydrogen-bond acceptors (Lipinski definition) is 7. The van der Waals surface area contributed by atoms with Gasteiger partial charge in [0.05, 0.1) is 22.0 Å². The lowest BCUT2D eigenvalue weighted by Gasteiger charge is -2.19. The van der Waals surface area contributed by atoms with Crippen molar-refractivity contribution in [1.29, 1.82) is 0 Å². The van der Waals surface area contributed by atoms with Gasteiger partial charge in [0.15, 0.2) is 5.58 Å². The summed E-state index contributed by atoms with van der Waals surface area (Å²) in [6, 6.07) is 7.55. The summed E-state index contributed by atoms with van der Waals surface area (Å²) >= 11 is 0.839. The second kappa shape index (κ2) is 7.50. The summed E-state index contributed by atoms with van der Waals surface area (Å²) in [4.78, 5) is 16.0. The molecule has 2 aromatic heterocycles. The standard InChI is InChI=1S/C18H13F3N4O4S2/c1-10(12-4-2-3-5-13(12)18(19,20)21)25-14-7-6-11(8-15(14)29-17(25)26)31(27,28)24-16-22-9-23-30-16/h2-10H,1H3,(H,22,23,24). The van der Waals surface area contributed by atoms with Crippen LogP contribution in [0.25, 0.3) is 11.1 Å². The summed E-state index contributed by atoms with van der Waals surface area (Å²) in [6.45, 7) is 1.43. The van der Waals surface area contributed by atoms with E-state index in [9.17, 15) is 26.4 Å². The van der Waals surface area contributed by atoms with Gasteiger partial charge in [-0.15, -0.1) is 0 Å². The minimum absolute atomic E-state index is 0.0523.